The molecule has 4 nitrogen and oxygen atoms in total. The third-order valence-electron chi connectivity index (χ3n) is 3.15. The number of carboxylic acid groups (broad SMARTS) is 1. The summed E-state index contributed by atoms with van der Waals surface area (Å²) in [5, 5.41) is 17.9. The van der Waals surface area contributed by atoms with Crippen LogP contribution in [-0.2, 0) is 0 Å². The van der Waals surface area contributed by atoms with E-state index in [-0.39, 0.29) is 18.7 Å². The Morgan fingerprint density at radius 3 is 2.75 bits per heavy atom. The zero-order chi connectivity index (χ0) is 8.72. The predicted octanol–water partition coefficient (Wildman–Crippen LogP) is 0.510. The van der Waals surface area contributed by atoms with Crippen LogP contribution in [0.4, 0.5) is 4.79 Å². The standard InChI is InChI=1S/C8H13NO3/c10-4-7-5-1-2-6(3-5)9(7)8(11)12/h5-7,10H,1-4H2,(H,11,12)/t5-,6+,7+/m1/s1. The van der Waals surface area contributed by atoms with Gasteiger partial charge in [-0.2, -0.15) is 0 Å². The Balaban J connectivity index is 2.16. The second kappa shape index (κ2) is 2.62. The SMILES string of the molecule is O=C(O)N1[C@H]2CC[C@H](C2)[C@@H]1CO. The molecule has 12 heavy (non-hydrogen) atoms. The van der Waals surface area contributed by atoms with E-state index in [0.29, 0.717) is 5.92 Å². The minimum absolute atomic E-state index is 0.0204. The third kappa shape index (κ3) is 0.909. The summed E-state index contributed by atoms with van der Waals surface area (Å²) in [5.74, 6) is 0.413. The highest BCUT2D eigenvalue weighted by molar-refractivity contribution is 5.66. The van der Waals surface area contributed by atoms with Crippen LogP contribution < -0.4 is 0 Å². The van der Waals surface area contributed by atoms with Gasteiger partial charge in [0.1, 0.15) is 0 Å². The van der Waals surface area contributed by atoms with Gasteiger partial charge in [0.2, 0.25) is 0 Å². The Bertz CT molecular complexity index is 206. The molecule has 1 saturated carbocycles. The zero-order valence-corrected chi connectivity index (χ0v) is 6.81. The number of amides is 1. The molecule has 0 radical (unpaired) electrons. The lowest BCUT2D eigenvalue weighted by atomic mass is 10.00. The molecule has 1 amide bonds. The number of piperidine rings is 1. The van der Waals surface area contributed by atoms with Gasteiger partial charge in [-0.3, -0.25) is 4.90 Å². The van der Waals surface area contributed by atoms with Gasteiger partial charge in [0.25, 0.3) is 0 Å². The number of aliphatic hydroxyl groups is 1. The molecule has 2 fully saturated rings. The van der Waals surface area contributed by atoms with Gasteiger partial charge in [-0.15, -0.1) is 0 Å². The molecule has 0 aromatic heterocycles. The Kier molecular flexibility index (Phi) is 1.72. The molecule has 1 saturated heterocycles. The number of nitrogens with zero attached hydrogens (tertiary/aromatic N) is 1. The number of hydrogen-bond acceptors (Lipinski definition) is 2. The van der Waals surface area contributed by atoms with Crippen LogP contribution in [0, 0.1) is 5.92 Å². The summed E-state index contributed by atoms with van der Waals surface area (Å²) >= 11 is 0. The van der Waals surface area contributed by atoms with E-state index in [1.165, 1.54) is 4.90 Å². The third-order valence-corrected chi connectivity index (χ3v) is 3.15. The highest BCUT2D eigenvalue weighted by Gasteiger charge is 2.47. The second-order valence-electron chi connectivity index (χ2n) is 3.67. The van der Waals surface area contributed by atoms with Gasteiger partial charge in [-0.05, 0) is 25.2 Å². The molecule has 2 N–H and O–H groups in total. The van der Waals surface area contributed by atoms with Crippen molar-refractivity contribution in [3.63, 3.8) is 0 Å². The van der Waals surface area contributed by atoms with Crippen LogP contribution in [0.3, 0.4) is 0 Å². The molecule has 2 bridgehead atoms. The van der Waals surface area contributed by atoms with Crippen molar-refractivity contribution in [3.8, 4) is 0 Å². The number of likely N-dealkylation sites (tertiary alicyclic amines) is 1. The van der Waals surface area contributed by atoms with Gasteiger partial charge in [0, 0.05) is 6.04 Å². The van der Waals surface area contributed by atoms with Gasteiger partial charge in [0.15, 0.2) is 0 Å². The topological polar surface area (TPSA) is 60.8 Å². The average Bonchev–Trinajstić information content (AvgIpc) is 2.60. The summed E-state index contributed by atoms with van der Waals surface area (Å²) in [6, 6.07) is 0.0610. The van der Waals surface area contributed by atoms with E-state index in [0.717, 1.165) is 19.3 Å². The number of aliphatic hydroxyl groups excluding tert-OH is 1. The summed E-state index contributed by atoms with van der Waals surface area (Å²) in [6.45, 7) is -0.0204. The fraction of sp³-hybridized carbons (Fsp3) is 0.875. The first-order valence-electron chi connectivity index (χ1n) is 4.36. The smallest absolute Gasteiger partial charge is 0.407 e. The van der Waals surface area contributed by atoms with Gasteiger partial charge in [0.05, 0.1) is 12.6 Å². The van der Waals surface area contributed by atoms with Crippen LogP contribution in [0.2, 0.25) is 0 Å². The van der Waals surface area contributed by atoms with E-state index >= 15 is 0 Å². The first-order chi connectivity index (χ1) is 5.74. The molecule has 1 heterocycles. The lowest BCUT2D eigenvalue weighted by Gasteiger charge is -2.31. The Hall–Kier alpha value is -0.770. The summed E-state index contributed by atoms with van der Waals surface area (Å²) in [6.07, 6.45) is 2.14. The molecule has 0 aromatic rings. The summed E-state index contributed by atoms with van der Waals surface area (Å²) in [4.78, 5) is 12.2. The van der Waals surface area contributed by atoms with Gasteiger partial charge >= 0.3 is 6.09 Å². The molecule has 2 rings (SSSR count). The molecule has 0 spiro atoms. The molecular formula is C8H13NO3. The maximum absolute atomic E-state index is 10.8. The van der Waals surface area contributed by atoms with Crippen molar-refractivity contribution in [2.45, 2.75) is 31.3 Å². The van der Waals surface area contributed by atoms with Crippen molar-refractivity contribution in [2.24, 2.45) is 5.92 Å². The molecular weight excluding hydrogens is 158 g/mol. The molecule has 1 aliphatic carbocycles. The van der Waals surface area contributed by atoms with E-state index in [1.807, 2.05) is 0 Å². The Morgan fingerprint density at radius 2 is 2.25 bits per heavy atom. The van der Waals surface area contributed by atoms with E-state index < -0.39 is 6.09 Å². The minimum atomic E-state index is -0.874. The molecule has 68 valence electrons. The largest absolute Gasteiger partial charge is 0.465 e. The zero-order valence-electron chi connectivity index (χ0n) is 6.81. The van der Waals surface area contributed by atoms with Crippen LogP contribution in [-0.4, -0.2) is 39.9 Å². The maximum Gasteiger partial charge on any atom is 0.407 e. The number of rotatable bonds is 1. The highest BCUT2D eigenvalue weighted by Crippen LogP contribution is 2.41. The fourth-order valence-electron chi connectivity index (χ4n) is 2.63. The Labute approximate surface area is 70.8 Å². The van der Waals surface area contributed by atoms with Crippen molar-refractivity contribution in [1.29, 1.82) is 0 Å². The Morgan fingerprint density at radius 1 is 1.50 bits per heavy atom. The molecule has 3 atom stereocenters. The van der Waals surface area contributed by atoms with Gasteiger partial charge in [-0.25, -0.2) is 4.79 Å². The average molecular weight is 171 g/mol. The quantitative estimate of drug-likeness (QED) is 0.604. The first-order valence-corrected chi connectivity index (χ1v) is 4.36. The summed E-state index contributed by atoms with van der Waals surface area (Å²) < 4.78 is 0. The van der Waals surface area contributed by atoms with Gasteiger partial charge in [-0.1, -0.05) is 0 Å². The molecule has 1 aliphatic heterocycles. The van der Waals surface area contributed by atoms with Crippen molar-refractivity contribution in [3.05, 3.63) is 0 Å². The summed E-state index contributed by atoms with van der Waals surface area (Å²) in [7, 11) is 0. The van der Waals surface area contributed by atoms with E-state index in [2.05, 4.69) is 0 Å². The van der Waals surface area contributed by atoms with E-state index in [4.69, 9.17) is 10.2 Å². The van der Waals surface area contributed by atoms with Gasteiger partial charge < -0.3 is 10.2 Å². The monoisotopic (exact) mass is 171 g/mol. The maximum atomic E-state index is 10.8. The van der Waals surface area contributed by atoms with E-state index in [9.17, 15) is 4.79 Å². The lowest BCUT2D eigenvalue weighted by Crippen LogP contribution is -2.46. The molecule has 4 heteroatoms. The van der Waals surface area contributed by atoms with Crippen molar-refractivity contribution < 1.29 is 15.0 Å². The van der Waals surface area contributed by atoms with Crippen molar-refractivity contribution in [2.75, 3.05) is 6.61 Å². The van der Waals surface area contributed by atoms with Crippen LogP contribution in [0.5, 0.6) is 0 Å². The summed E-state index contributed by atoms with van der Waals surface area (Å²) in [5.41, 5.74) is 0. The van der Waals surface area contributed by atoms with Crippen molar-refractivity contribution >= 4 is 6.09 Å². The molecule has 0 unspecified atom stereocenters. The number of hydrogen-bond donors (Lipinski definition) is 2. The fourth-order valence-corrected chi connectivity index (χ4v) is 2.63. The lowest BCUT2D eigenvalue weighted by molar-refractivity contribution is 0.0737. The van der Waals surface area contributed by atoms with Crippen molar-refractivity contribution in [1.82, 2.24) is 4.90 Å². The molecule has 2 aliphatic rings. The second-order valence-corrected chi connectivity index (χ2v) is 3.67. The van der Waals surface area contributed by atoms with Crippen LogP contribution in [0.15, 0.2) is 0 Å². The number of carbonyl (C=O) groups is 1. The predicted molar refractivity (Wildman–Crippen MR) is 41.9 cm³/mol. The van der Waals surface area contributed by atoms with Crippen LogP contribution >= 0.6 is 0 Å². The first kappa shape index (κ1) is 7.86. The normalized spacial score (nSPS) is 39.1. The van der Waals surface area contributed by atoms with Crippen LogP contribution in [0.1, 0.15) is 19.3 Å². The van der Waals surface area contributed by atoms with E-state index in [1.54, 1.807) is 0 Å². The number of fused-ring (bicyclic) bond motifs is 2. The minimum Gasteiger partial charge on any atom is -0.465 e. The van der Waals surface area contributed by atoms with Crippen LogP contribution in [0.25, 0.3) is 0 Å². The molecule has 0 aromatic carbocycles. The highest BCUT2D eigenvalue weighted by atomic mass is 16.4.